The molecule has 0 spiro atoms. The van der Waals surface area contributed by atoms with E-state index in [4.69, 9.17) is 9.15 Å². The Kier molecular flexibility index (Phi) is 5.37. The second-order valence-electron chi connectivity index (χ2n) is 4.54. The van der Waals surface area contributed by atoms with Gasteiger partial charge in [-0.15, -0.1) is 0 Å². The molecule has 0 fully saturated rings. The van der Waals surface area contributed by atoms with Crippen LogP contribution in [-0.4, -0.2) is 36.9 Å². The molecule has 0 aliphatic heterocycles. The lowest BCUT2D eigenvalue weighted by Crippen LogP contribution is -2.41. The number of nitrogens with one attached hydrogen (secondary N) is 1. The van der Waals surface area contributed by atoms with Crippen LogP contribution in [0, 0.1) is 0 Å². The summed E-state index contributed by atoms with van der Waals surface area (Å²) in [5, 5.41) is 12.6. The van der Waals surface area contributed by atoms with Gasteiger partial charge in [0.2, 0.25) is 0 Å². The van der Waals surface area contributed by atoms with Crippen molar-refractivity contribution in [2.24, 2.45) is 0 Å². The average molecular weight is 255 g/mol. The van der Waals surface area contributed by atoms with Crippen molar-refractivity contribution in [3.8, 4) is 0 Å². The Balaban J connectivity index is 2.45. The Bertz CT molecular complexity index is 384. The van der Waals surface area contributed by atoms with E-state index in [9.17, 15) is 9.90 Å². The Labute approximate surface area is 107 Å². The minimum absolute atomic E-state index is 0.164. The van der Waals surface area contributed by atoms with E-state index in [2.05, 4.69) is 5.32 Å². The third-order valence-corrected chi connectivity index (χ3v) is 2.71. The predicted molar refractivity (Wildman–Crippen MR) is 67.5 cm³/mol. The minimum atomic E-state index is -0.980. The van der Waals surface area contributed by atoms with Crippen molar-refractivity contribution < 1.29 is 19.1 Å². The maximum Gasteiger partial charge on any atom is 0.287 e. The van der Waals surface area contributed by atoms with Crippen LogP contribution in [0.15, 0.2) is 16.5 Å². The molecule has 1 aromatic rings. The number of hydrogen-bond donors (Lipinski definition) is 2. The van der Waals surface area contributed by atoms with E-state index in [1.54, 1.807) is 26.2 Å². The van der Waals surface area contributed by atoms with Crippen molar-refractivity contribution in [2.45, 2.75) is 32.3 Å². The van der Waals surface area contributed by atoms with Crippen molar-refractivity contribution in [3.63, 3.8) is 0 Å². The second kappa shape index (κ2) is 6.56. The minimum Gasteiger partial charge on any atom is -0.456 e. The van der Waals surface area contributed by atoms with Crippen molar-refractivity contribution in [3.05, 3.63) is 23.7 Å². The average Bonchev–Trinajstić information content (AvgIpc) is 2.82. The molecule has 1 unspecified atom stereocenters. The zero-order chi connectivity index (χ0) is 13.6. The van der Waals surface area contributed by atoms with Crippen molar-refractivity contribution >= 4 is 5.91 Å². The highest BCUT2D eigenvalue weighted by molar-refractivity contribution is 5.91. The van der Waals surface area contributed by atoms with Gasteiger partial charge in [-0.25, -0.2) is 0 Å². The summed E-state index contributed by atoms with van der Waals surface area (Å²) in [5.74, 6) is 0.730. The van der Waals surface area contributed by atoms with Crippen LogP contribution in [0.5, 0.6) is 0 Å². The second-order valence-corrected chi connectivity index (χ2v) is 4.54. The summed E-state index contributed by atoms with van der Waals surface area (Å²) >= 11 is 0. The van der Waals surface area contributed by atoms with Crippen LogP contribution in [0.4, 0.5) is 0 Å². The Hall–Kier alpha value is -1.33. The number of ether oxygens (including phenoxy) is 1. The fourth-order valence-corrected chi connectivity index (χ4v) is 1.46. The standard InChI is InChI=1S/C13H21NO4/c1-4-10-5-6-11(18-10)12(15)14-9-13(2,16)7-8-17-3/h5-6,16H,4,7-9H2,1-3H3,(H,14,15). The molecule has 5 nitrogen and oxygen atoms in total. The molecule has 1 aromatic heterocycles. The van der Waals surface area contributed by atoms with Crippen LogP contribution in [0.3, 0.4) is 0 Å². The Morgan fingerprint density at radius 1 is 1.56 bits per heavy atom. The molecule has 5 heteroatoms. The van der Waals surface area contributed by atoms with E-state index < -0.39 is 5.60 Å². The smallest absolute Gasteiger partial charge is 0.287 e. The van der Waals surface area contributed by atoms with Gasteiger partial charge in [-0.1, -0.05) is 6.92 Å². The molecule has 0 aliphatic rings. The normalized spacial score (nSPS) is 14.2. The largest absolute Gasteiger partial charge is 0.456 e. The zero-order valence-corrected chi connectivity index (χ0v) is 11.2. The maximum atomic E-state index is 11.7. The topological polar surface area (TPSA) is 71.7 Å². The number of rotatable bonds is 7. The molecule has 0 saturated heterocycles. The van der Waals surface area contributed by atoms with E-state index >= 15 is 0 Å². The lowest BCUT2D eigenvalue weighted by molar-refractivity contribution is 0.0240. The lowest BCUT2D eigenvalue weighted by atomic mass is 10.0. The SMILES string of the molecule is CCc1ccc(C(=O)NCC(C)(O)CCOC)o1. The van der Waals surface area contributed by atoms with Crippen LogP contribution in [0.1, 0.15) is 36.6 Å². The highest BCUT2D eigenvalue weighted by Gasteiger charge is 2.22. The fourth-order valence-electron chi connectivity index (χ4n) is 1.46. The summed E-state index contributed by atoms with van der Waals surface area (Å²) in [6.07, 6.45) is 1.21. The van der Waals surface area contributed by atoms with Gasteiger partial charge in [0.25, 0.3) is 5.91 Å². The highest BCUT2D eigenvalue weighted by Crippen LogP contribution is 2.10. The maximum absolute atomic E-state index is 11.7. The van der Waals surface area contributed by atoms with E-state index in [0.29, 0.717) is 13.0 Å². The Morgan fingerprint density at radius 2 is 2.28 bits per heavy atom. The van der Waals surface area contributed by atoms with Crippen LogP contribution in [0.2, 0.25) is 0 Å². The molecule has 0 aliphatic carbocycles. The van der Waals surface area contributed by atoms with E-state index in [1.807, 2.05) is 6.92 Å². The summed E-state index contributed by atoms with van der Waals surface area (Å²) in [6, 6.07) is 3.41. The molecule has 1 heterocycles. The summed E-state index contributed by atoms with van der Waals surface area (Å²) in [6.45, 7) is 4.23. The van der Waals surface area contributed by atoms with Gasteiger partial charge in [0, 0.05) is 33.1 Å². The number of aryl methyl sites for hydroxylation is 1. The van der Waals surface area contributed by atoms with Gasteiger partial charge in [-0.05, 0) is 19.1 Å². The first kappa shape index (κ1) is 14.7. The first-order valence-electron chi connectivity index (χ1n) is 6.06. The summed E-state index contributed by atoms with van der Waals surface area (Å²) in [7, 11) is 1.57. The van der Waals surface area contributed by atoms with E-state index in [-0.39, 0.29) is 18.2 Å². The van der Waals surface area contributed by atoms with Crippen molar-refractivity contribution in [1.82, 2.24) is 5.32 Å². The molecule has 0 saturated carbocycles. The number of aliphatic hydroxyl groups is 1. The highest BCUT2D eigenvalue weighted by atomic mass is 16.5. The third kappa shape index (κ3) is 4.50. The number of carbonyl (C=O) groups excluding carboxylic acids is 1. The van der Waals surface area contributed by atoms with Crippen LogP contribution in [-0.2, 0) is 11.2 Å². The van der Waals surface area contributed by atoms with Gasteiger partial charge >= 0.3 is 0 Å². The first-order valence-corrected chi connectivity index (χ1v) is 6.06. The molecule has 0 bridgehead atoms. The van der Waals surface area contributed by atoms with Crippen LogP contribution >= 0.6 is 0 Å². The summed E-state index contributed by atoms with van der Waals surface area (Å²) in [4.78, 5) is 11.7. The molecule has 1 atom stereocenters. The number of furan rings is 1. The van der Waals surface area contributed by atoms with E-state index in [0.717, 1.165) is 12.2 Å². The molecule has 2 N–H and O–H groups in total. The third-order valence-electron chi connectivity index (χ3n) is 2.71. The van der Waals surface area contributed by atoms with Gasteiger partial charge in [0.1, 0.15) is 5.76 Å². The molecule has 1 rings (SSSR count). The molecular formula is C13H21NO4. The van der Waals surface area contributed by atoms with Crippen LogP contribution < -0.4 is 5.32 Å². The molecule has 0 aromatic carbocycles. The molecule has 1 amide bonds. The number of methoxy groups -OCH3 is 1. The number of hydrogen-bond acceptors (Lipinski definition) is 4. The van der Waals surface area contributed by atoms with Gasteiger partial charge in [-0.3, -0.25) is 4.79 Å². The monoisotopic (exact) mass is 255 g/mol. The molecule has 0 radical (unpaired) electrons. The quantitative estimate of drug-likeness (QED) is 0.771. The van der Waals surface area contributed by atoms with Crippen molar-refractivity contribution in [2.75, 3.05) is 20.3 Å². The van der Waals surface area contributed by atoms with Crippen LogP contribution in [0.25, 0.3) is 0 Å². The van der Waals surface area contributed by atoms with Gasteiger partial charge in [0.15, 0.2) is 5.76 Å². The lowest BCUT2D eigenvalue weighted by Gasteiger charge is -2.22. The predicted octanol–water partition coefficient (Wildman–Crippen LogP) is 1.36. The molecule has 102 valence electrons. The molecular weight excluding hydrogens is 234 g/mol. The zero-order valence-electron chi connectivity index (χ0n) is 11.2. The number of carbonyl (C=O) groups is 1. The first-order chi connectivity index (χ1) is 8.48. The Morgan fingerprint density at radius 3 is 2.83 bits per heavy atom. The van der Waals surface area contributed by atoms with E-state index in [1.165, 1.54) is 0 Å². The van der Waals surface area contributed by atoms with Gasteiger partial charge in [-0.2, -0.15) is 0 Å². The summed E-state index contributed by atoms with van der Waals surface area (Å²) < 4.78 is 10.2. The number of amides is 1. The van der Waals surface area contributed by atoms with Crippen molar-refractivity contribution in [1.29, 1.82) is 0 Å². The summed E-state index contributed by atoms with van der Waals surface area (Å²) in [5.41, 5.74) is -0.980. The molecule has 18 heavy (non-hydrogen) atoms. The van der Waals surface area contributed by atoms with Gasteiger partial charge < -0.3 is 19.6 Å². The fraction of sp³-hybridized carbons (Fsp3) is 0.615. The van der Waals surface area contributed by atoms with Gasteiger partial charge in [0.05, 0.1) is 5.60 Å².